The van der Waals surface area contributed by atoms with E-state index in [4.69, 9.17) is 5.26 Å². The van der Waals surface area contributed by atoms with Gasteiger partial charge in [-0.05, 0) is 60.0 Å². The molecule has 0 aromatic carbocycles. The van der Waals surface area contributed by atoms with Crippen LogP contribution >= 0.6 is 0 Å². The molecule has 100 valence electrons. The fourth-order valence-electron chi connectivity index (χ4n) is 1.65. The summed E-state index contributed by atoms with van der Waals surface area (Å²) in [5.74, 6) is 0. The van der Waals surface area contributed by atoms with E-state index in [1.807, 2.05) is 0 Å². The molecule has 0 aliphatic rings. The Kier molecular flexibility index (Phi) is 10.1. The average molecular weight is 240 g/mol. The van der Waals surface area contributed by atoms with Crippen LogP contribution in [0.3, 0.4) is 0 Å². The zero-order chi connectivity index (χ0) is 13.1. The molecule has 0 aliphatic carbocycles. The minimum absolute atomic E-state index is 0.00579. The molecule has 17 heavy (non-hydrogen) atoms. The lowest BCUT2D eigenvalue weighted by Gasteiger charge is -2.19. The molecule has 0 amide bonds. The second kappa shape index (κ2) is 10.5. The molecule has 4 nitrogen and oxygen atoms in total. The van der Waals surface area contributed by atoms with Gasteiger partial charge in [0.25, 0.3) is 0 Å². The minimum atomic E-state index is 0.00579. The fourth-order valence-corrected chi connectivity index (χ4v) is 1.65. The van der Waals surface area contributed by atoms with Gasteiger partial charge >= 0.3 is 0 Å². The van der Waals surface area contributed by atoms with E-state index in [-0.39, 0.29) is 6.04 Å². The molecule has 0 aliphatic heterocycles. The Labute approximate surface area is 107 Å². The van der Waals surface area contributed by atoms with Gasteiger partial charge in [0.15, 0.2) is 0 Å². The van der Waals surface area contributed by atoms with Crippen molar-refractivity contribution in [2.24, 2.45) is 0 Å². The van der Waals surface area contributed by atoms with Crippen molar-refractivity contribution >= 4 is 0 Å². The van der Waals surface area contributed by atoms with Crippen molar-refractivity contribution in [2.75, 3.05) is 47.3 Å². The highest BCUT2D eigenvalue weighted by Gasteiger charge is 2.07. The molecule has 0 radical (unpaired) electrons. The minimum Gasteiger partial charge on any atom is -0.309 e. The number of nitrogens with zero attached hydrogens (tertiary/aromatic N) is 3. The summed E-state index contributed by atoms with van der Waals surface area (Å²) in [5, 5.41) is 12.2. The summed E-state index contributed by atoms with van der Waals surface area (Å²) < 4.78 is 0. The third-order valence-corrected chi connectivity index (χ3v) is 2.74. The van der Waals surface area contributed by atoms with Gasteiger partial charge in [-0.2, -0.15) is 5.26 Å². The Morgan fingerprint density at radius 3 is 2.41 bits per heavy atom. The monoisotopic (exact) mass is 240 g/mol. The van der Waals surface area contributed by atoms with Crippen molar-refractivity contribution in [2.45, 2.75) is 32.2 Å². The largest absolute Gasteiger partial charge is 0.309 e. The predicted octanol–water partition coefficient (Wildman–Crippen LogP) is 1.15. The number of hydrogen-bond acceptors (Lipinski definition) is 4. The molecule has 0 aromatic heterocycles. The summed E-state index contributed by atoms with van der Waals surface area (Å²) in [6, 6.07) is 2.33. The molecule has 1 unspecified atom stereocenters. The first-order valence-corrected chi connectivity index (χ1v) is 6.56. The van der Waals surface area contributed by atoms with Crippen LogP contribution in [0.15, 0.2) is 0 Å². The molecular formula is C13H28N4. The summed E-state index contributed by atoms with van der Waals surface area (Å²) in [5.41, 5.74) is 0. The first-order chi connectivity index (χ1) is 8.10. The van der Waals surface area contributed by atoms with Crippen LogP contribution in [0, 0.1) is 11.3 Å². The summed E-state index contributed by atoms with van der Waals surface area (Å²) in [7, 11) is 6.32. The second-order valence-corrected chi connectivity index (χ2v) is 4.88. The molecule has 4 heteroatoms. The van der Waals surface area contributed by atoms with Gasteiger partial charge in [-0.15, -0.1) is 0 Å². The van der Waals surface area contributed by atoms with Crippen LogP contribution in [0.1, 0.15) is 26.2 Å². The van der Waals surface area contributed by atoms with E-state index in [0.717, 1.165) is 39.0 Å². The van der Waals surface area contributed by atoms with E-state index >= 15 is 0 Å². The maximum Gasteiger partial charge on any atom is 0.0965 e. The van der Waals surface area contributed by atoms with Gasteiger partial charge in [-0.1, -0.05) is 6.92 Å². The molecule has 0 saturated heterocycles. The Balaban J connectivity index is 3.59. The first kappa shape index (κ1) is 16.4. The van der Waals surface area contributed by atoms with E-state index < -0.39 is 0 Å². The van der Waals surface area contributed by atoms with Gasteiger partial charge in [0.2, 0.25) is 0 Å². The summed E-state index contributed by atoms with van der Waals surface area (Å²) in [6.45, 7) is 6.27. The summed E-state index contributed by atoms with van der Waals surface area (Å²) in [6.07, 6.45) is 3.18. The third kappa shape index (κ3) is 10.3. The average Bonchev–Trinajstić information content (AvgIpc) is 2.29. The van der Waals surface area contributed by atoms with Crippen LogP contribution in [0.2, 0.25) is 0 Å². The maximum atomic E-state index is 8.98. The van der Waals surface area contributed by atoms with Crippen LogP contribution in [0.5, 0.6) is 0 Å². The standard InChI is InChI=1S/C13H28N4/c1-5-8-15-13(12-14)7-11-17(4)10-6-9-16(2)3/h13,15H,5-11H2,1-4H3. The van der Waals surface area contributed by atoms with Gasteiger partial charge in [0.05, 0.1) is 12.1 Å². The van der Waals surface area contributed by atoms with Crippen molar-refractivity contribution in [3.05, 3.63) is 0 Å². The van der Waals surface area contributed by atoms with Gasteiger partial charge < -0.3 is 15.1 Å². The lowest BCUT2D eigenvalue weighted by molar-refractivity contribution is 0.290. The van der Waals surface area contributed by atoms with Crippen molar-refractivity contribution < 1.29 is 0 Å². The molecule has 1 N–H and O–H groups in total. The molecular weight excluding hydrogens is 212 g/mol. The topological polar surface area (TPSA) is 42.3 Å². The number of nitriles is 1. The lowest BCUT2D eigenvalue weighted by Crippen LogP contribution is -2.33. The number of rotatable bonds is 10. The molecule has 0 heterocycles. The van der Waals surface area contributed by atoms with E-state index in [0.29, 0.717) is 0 Å². The van der Waals surface area contributed by atoms with E-state index in [2.05, 4.69) is 49.3 Å². The molecule has 0 saturated carbocycles. The van der Waals surface area contributed by atoms with Crippen LogP contribution in [-0.2, 0) is 0 Å². The Morgan fingerprint density at radius 1 is 1.18 bits per heavy atom. The van der Waals surface area contributed by atoms with Gasteiger partial charge in [0, 0.05) is 6.54 Å². The highest BCUT2D eigenvalue weighted by atomic mass is 15.1. The van der Waals surface area contributed by atoms with Gasteiger partial charge in [-0.3, -0.25) is 0 Å². The van der Waals surface area contributed by atoms with Crippen LogP contribution < -0.4 is 5.32 Å². The quantitative estimate of drug-likeness (QED) is 0.622. The summed E-state index contributed by atoms with van der Waals surface area (Å²) >= 11 is 0. The van der Waals surface area contributed by atoms with Crippen LogP contribution in [-0.4, -0.2) is 63.2 Å². The zero-order valence-electron chi connectivity index (χ0n) is 11.9. The summed E-state index contributed by atoms with van der Waals surface area (Å²) in [4.78, 5) is 4.51. The first-order valence-electron chi connectivity index (χ1n) is 6.56. The van der Waals surface area contributed by atoms with Gasteiger partial charge in [0.1, 0.15) is 0 Å². The number of nitrogens with one attached hydrogen (secondary N) is 1. The molecule has 0 rings (SSSR count). The molecule has 0 bridgehead atoms. The van der Waals surface area contributed by atoms with E-state index in [9.17, 15) is 0 Å². The third-order valence-electron chi connectivity index (χ3n) is 2.74. The fraction of sp³-hybridized carbons (Fsp3) is 0.923. The van der Waals surface area contributed by atoms with Crippen molar-refractivity contribution in [1.82, 2.24) is 15.1 Å². The highest BCUT2D eigenvalue weighted by molar-refractivity contribution is 4.89. The second-order valence-electron chi connectivity index (χ2n) is 4.88. The van der Waals surface area contributed by atoms with Crippen molar-refractivity contribution in [1.29, 1.82) is 5.26 Å². The SMILES string of the molecule is CCCNC(C#N)CCN(C)CCCN(C)C. The Hall–Kier alpha value is -0.630. The molecule has 0 aromatic rings. The Morgan fingerprint density at radius 2 is 1.88 bits per heavy atom. The van der Waals surface area contributed by atoms with E-state index in [1.165, 1.54) is 6.42 Å². The Bertz CT molecular complexity index is 210. The molecule has 0 spiro atoms. The highest BCUT2D eigenvalue weighted by Crippen LogP contribution is 1.96. The molecule has 1 atom stereocenters. The lowest BCUT2D eigenvalue weighted by atomic mass is 10.2. The number of hydrogen-bond donors (Lipinski definition) is 1. The zero-order valence-corrected chi connectivity index (χ0v) is 11.9. The van der Waals surface area contributed by atoms with E-state index in [1.54, 1.807) is 0 Å². The van der Waals surface area contributed by atoms with Crippen LogP contribution in [0.4, 0.5) is 0 Å². The normalized spacial score (nSPS) is 13.0. The predicted molar refractivity (Wildman–Crippen MR) is 73.0 cm³/mol. The smallest absolute Gasteiger partial charge is 0.0965 e. The van der Waals surface area contributed by atoms with Crippen molar-refractivity contribution in [3.63, 3.8) is 0 Å². The molecule has 0 fully saturated rings. The maximum absolute atomic E-state index is 8.98. The van der Waals surface area contributed by atoms with Crippen LogP contribution in [0.25, 0.3) is 0 Å². The van der Waals surface area contributed by atoms with Crippen molar-refractivity contribution in [3.8, 4) is 6.07 Å². The van der Waals surface area contributed by atoms with Gasteiger partial charge in [-0.25, -0.2) is 0 Å².